The Bertz CT molecular complexity index is 924. The van der Waals surface area contributed by atoms with Crippen LogP contribution in [0.4, 0.5) is 0 Å². The third kappa shape index (κ3) is 5.73. The molecular formula is C27H36O6. The van der Waals surface area contributed by atoms with Crippen molar-refractivity contribution in [2.45, 2.75) is 60.5 Å². The van der Waals surface area contributed by atoms with Crippen molar-refractivity contribution in [1.29, 1.82) is 0 Å². The van der Waals surface area contributed by atoms with Gasteiger partial charge >= 0.3 is 17.9 Å². The lowest BCUT2D eigenvalue weighted by Gasteiger charge is -2.52. The van der Waals surface area contributed by atoms with Gasteiger partial charge in [0, 0.05) is 5.41 Å². The van der Waals surface area contributed by atoms with Crippen molar-refractivity contribution in [3.05, 3.63) is 59.7 Å². The molecule has 180 valence electrons. The molecule has 0 heterocycles. The van der Waals surface area contributed by atoms with E-state index in [9.17, 15) is 19.5 Å². The molecule has 1 aromatic rings. The molecular weight excluding hydrogens is 420 g/mol. The summed E-state index contributed by atoms with van der Waals surface area (Å²) < 4.78 is 11.4. The van der Waals surface area contributed by atoms with Gasteiger partial charge in [-0.25, -0.2) is 9.59 Å². The number of carboxylic acid groups (broad SMARTS) is 1. The molecule has 33 heavy (non-hydrogen) atoms. The highest BCUT2D eigenvalue weighted by Gasteiger charge is 2.52. The minimum atomic E-state index is -1.18. The normalized spacial score (nSPS) is 20.0. The molecule has 0 radical (unpaired) electrons. The summed E-state index contributed by atoms with van der Waals surface area (Å²) in [4.78, 5) is 36.7. The predicted molar refractivity (Wildman–Crippen MR) is 127 cm³/mol. The number of rotatable bonds is 10. The number of hydrogen-bond acceptors (Lipinski definition) is 5. The van der Waals surface area contributed by atoms with E-state index in [1.165, 1.54) is 12.1 Å². The van der Waals surface area contributed by atoms with E-state index in [4.69, 9.17) is 9.47 Å². The number of ether oxygens (including phenoxy) is 2. The Labute approximate surface area is 196 Å². The Hall–Kier alpha value is -2.89. The fourth-order valence-corrected chi connectivity index (χ4v) is 4.74. The minimum Gasteiger partial charge on any atom is -0.478 e. The molecule has 0 saturated carbocycles. The van der Waals surface area contributed by atoms with Crippen LogP contribution in [0.15, 0.2) is 48.6 Å². The maximum atomic E-state index is 13.2. The zero-order valence-electron chi connectivity index (χ0n) is 20.5. The van der Waals surface area contributed by atoms with E-state index < -0.39 is 23.5 Å². The minimum absolute atomic E-state index is 0.0216. The summed E-state index contributed by atoms with van der Waals surface area (Å²) in [5, 5.41) is 9.51. The highest BCUT2D eigenvalue weighted by Crippen LogP contribution is 2.53. The van der Waals surface area contributed by atoms with Crippen LogP contribution in [0.25, 0.3) is 0 Å². The van der Waals surface area contributed by atoms with Crippen molar-refractivity contribution in [3.8, 4) is 0 Å². The second-order valence-electron chi connectivity index (χ2n) is 9.74. The first kappa shape index (κ1) is 26.4. The zero-order chi connectivity index (χ0) is 24.8. The summed E-state index contributed by atoms with van der Waals surface area (Å²) in [5.74, 6) is -2.22. The van der Waals surface area contributed by atoms with Gasteiger partial charge in [0.25, 0.3) is 0 Å². The highest BCUT2D eigenvalue weighted by atomic mass is 16.5. The van der Waals surface area contributed by atoms with Gasteiger partial charge in [-0.1, -0.05) is 78.0 Å². The average molecular weight is 457 g/mol. The topological polar surface area (TPSA) is 89.9 Å². The number of benzene rings is 1. The van der Waals surface area contributed by atoms with Crippen LogP contribution in [0.3, 0.4) is 0 Å². The van der Waals surface area contributed by atoms with Gasteiger partial charge in [-0.3, -0.25) is 4.79 Å². The van der Waals surface area contributed by atoms with Gasteiger partial charge in [-0.05, 0) is 36.3 Å². The molecule has 1 N–H and O–H groups in total. The van der Waals surface area contributed by atoms with Crippen LogP contribution in [0.1, 0.15) is 75.1 Å². The second kappa shape index (κ2) is 10.8. The Morgan fingerprint density at radius 1 is 0.970 bits per heavy atom. The van der Waals surface area contributed by atoms with Gasteiger partial charge in [-0.15, -0.1) is 0 Å². The van der Waals surface area contributed by atoms with E-state index in [0.717, 1.165) is 0 Å². The van der Waals surface area contributed by atoms with Crippen LogP contribution < -0.4 is 0 Å². The third-order valence-electron chi connectivity index (χ3n) is 6.55. The van der Waals surface area contributed by atoms with Crippen LogP contribution in [0, 0.1) is 22.7 Å². The molecule has 0 aliphatic heterocycles. The maximum Gasteiger partial charge on any atom is 0.339 e. The number of allylic oxidation sites excluding steroid dienone is 3. The molecule has 0 amide bonds. The van der Waals surface area contributed by atoms with Gasteiger partial charge in [0.05, 0.1) is 23.7 Å². The summed E-state index contributed by atoms with van der Waals surface area (Å²) in [5.41, 5.74) is -0.934. The quantitative estimate of drug-likeness (QED) is 0.360. The number of hydrogen-bond donors (Lipinski definition) is 1. The summed E-state index contributed by atoms with van der Waals surface area (Å²) >= 11 is 0. The van der Waals surface area contributed by atoms with Crippen LogP contribution in [0.5, 0.6) is 0 Å². The molecule has 0 aromatic heterocycles. The SMILES string of the molecule is CC(C)C(=O)OCCCC(OC(=O)c1ccccc1C(=O)O)C1(C(C)C)C=CC=CC1(C)C. The number of esters is 2. The van der Waals surface area contributed by atoms with Gasteiger partial charge in [0.1, 0.15) is 6.10 Å². The first-order valence-electron chi connectivity index (χ1n) is 11.5. The van der Waals surface area contributed by atoms with E-state index in [2.05, 4.69) is 39.8 Å². The largest absolute Gasteiger partial charge is 0.478 e. The molecule has 0 spiro atoms. The zero-order valence-corrected chi connectivity index (χ0v) is 20.5. The Morgan fingerprint density at radius 2 is 1.58 bits per heavy atom. The molecule has 1 aromatic carbocycles. The van der Waals surface area contributed by atoms with Crippen LogP contribution in [0.2, 0.25) is 0 Å². The van der Waals surface area contributed by atoms with Crippen molar-refractivity contribution in [2.24, 2.45) is 22.7 Å². The summed E-state index contributed by atoms with van der Waals surface area (Å²) in [6, 6.07) is 6.06. The summed E-state index contributed by atoms with van der Waals surface area (Å²) in [6.07, 6.45) is 8.59. The van der Waals surface area contributed by atoms with Crippen LogP contribution >= 0.6 is 0 Å². The van der Waals surface area contributed by atoms with Crippen molar-refractivity contribution in [3.63, 3.8) is 0 Å². The molecule has 2 unspecified atom stereocenters. The van der Waals surface area contributed by atoms with Gasteiger partial charge in [-0.2, -0.15) is 0 Å². The van der Waals surface area contributed by atoms with Crippen LogP contribution in [-0.2, 0) is 14.3 Å². The maximum absolute atomic E-state index is 13.2. The lowest BCUT2D eigenvalue weighted by atomic mass is 9.54. The molecule has 0 saturated heterocycles. The first-order valence-corrected chi connectivity index (χ1v) is 11.5. The Morgan fingerprint density at radius 3 is 2.12 bits per heavy atom. The van der Waals surface area contributed by atoms with Crippen molar-refractivity contribution >= 4 is 17.9 Å². The highest BCUT2D eigenvalue weighted by molar-refractivity contribution is 6.02. The number of aromatic carboxylic acids is 1. The van der Waals surface area contributed by atoms with E-state index in [0.29, 0.717) is 12.8 Å². The molecule has 1 aliphatic carbocycles. The van der Waals surface area contributed by atoms with Gasteiger partial charge in [0.2, 0.25) is 0 Å². The van der Waals surface area contributed by atoms with E-state index in [-0.39, 0.29) is 41.0 Å². The fourth-order valence-electron chi connectivity index (χ4n) is 4.74. The lowest BCUT2D eigenvalue weighted by Crippen LogP contribution is -2.51. The van der Waals surface area contributed by atoms with Crippen molar-refractivity contribution in [2.75, 3.05) is 6.61 Å². The Balaban J connectivity index is 2.38. The third-order valence-corrected chi connectivity index (χ3v) is 6.55. The van der Waals surface area contributed by atoms with Crippen LogP contribution in [-0.4, -0.2) is 35.7 Å². The van der Waals surface area contributed by atoms with E-state index in [1.807, 2.05) is 12.2 Å². The van der Waals surface area contributed by atoms with Gasteiger partial charge in [0.15, 0.2) is 0 Å². The molecule has 2 rings (SSSR count). The number of carbonyl (C=O) groups excluding carboxylic acids is 2. The number of carbonyl (C=O) groups is 3. The molecule has 1 aliphatic rings. The van der Waals surface area contributed by atoms with E-state index in [1.54, 1.807) is 26.0 Å². The summed E-state index contributed by atoms with van der Waals surface area (Å²) in [7, 11) is 0. The van der Waals surface area contributed by atoms with Crippen molar-refractivity contribution < 1.29 is 29.0 Å². The first-order chi connectivity index (χ1) is 15.4. The Kier molecular flexibility index (Phi) is 8.64. The molecule has 2 atom stereocenters. The summed E-state index contributed by atoms with van der Waals surface area (Å²) in [6.45, 7) is 12.2. The molecule has 6 heteroatoms. The standard InChI is InChI=1S/C27H36O6/c1-18(2)24(30)32-17-11-14-22(27(19(3)4)16-10-9-15-26(27,5)6)33-25(31)21-13-8-7-12-20(21)23(28)29/h7-10,12-13,15-16,18-19,22H,11,14,17H2,1-6H3,(H,28,29). The van der Waals surface area contributed by atoms with Gasteiger partial charge < -0.3 is 14.6 Å². The average Bonchev–Trinajstić information content (AvgIpc) is 2.75. The predicted octanol–water partition coefficient (Wildman–Crippen LogP) is 5.68. The second-order valence-corrected chi connectivity index (χ2v) is 9.74. The monoisotopic (exact) mass is 456 g/mol. The van der Waals surface area contributed by atoms with Crippen molar-refractivity contribution in [1.82, 2.24) is 0 Å². The lowest BCUT2D eigenvalue weighted by molar-refractivity contribution is -0.147. The smallest absolute Gasteiger partial charge is 0.339 e. The van der Waals surface area contributed by atoms with E-state index >= 15 is 0 Å². The molecule has 0 fully saturated rings. The fraction of sp³-hybridized carbons (Fsp3) is 0.519. The molecule has 6 nitrogen and oxygen atoms in total. The number of carboxylic acids is 1. The molecule has 0 bridgehead atoms.